The first-order valence-corrected chi connectivity index (χ1v) is 5.10. The summed E-state index contributed by atoms with van der Waals surface area (Å²) in [5.74, 6) is 0. The van der Waals surface area contributed by atoms with Crippen LogP contribution in [0, 0.1) is 5.41 Å². The summed E-state index contributed by atoms with van der Waals surface area (Å²) in [5, 5.41) is 12.3. The molecular formula is C10H18N2O2. The van der Waals surface area contributed by atoms with Gasteiger partial charge in [0.2, 0.25) is 0 Å². The van der Waals surface area contributed by atoms with E-state index < -0.39 is 6.09 Å². The summed E-state index contributed by atoms with van der Waals surface area (Å²) >= 11 is 0. The maximum atomic E-state index is 11.1. The van der Waals surface area contributed by atoms with Crippen molar-refractivity contribution in [3.8, 4) is 0 Å². The standard InChI is InChI=1S/C10H18N2O2/c1-9(2,3)7-4-10(5-11-6-10)12(7)8(13)14/h7,11H,4-6H2,1-3H3,(H,13,14). The van der Waals surface area contributed by atoms with Crippen LogP contribution in [-0.2, 0) is 0 Å². The first-order valence-electron chi connectivity index (χ1n) is 5.10. The summed E-state index contributed by atoms with van der Waals surface area (Å²) in [7, 11) is 0. The Bertz CT molecular complexity index is 266. The highest BCUT2D eigenvalue weighted by atomic mass is 16.4. The van der Waals surface area contributed by atoms with Gasteiger partial charge < -0.3 is 10.4 Å². The van der Waals surface area contributed by atoms with Crippen LogP contribution < -0.4 is 5.32 Å². The van der Waals surface area contributed by atoms with Gasteiger partial charge in [0.1, 0.15) is 0 Å². The topological polar surface area (TPSA) is 52.6 Å². The maximum absolute atomic E-state index is 11.1. The molecule has 2 fully saturated rings. The number of carboxylic acid groups (broad SMARTS) is 1. The van der Waals surface area contributed by atoms with E-state index in [4.69, 9.17) is 5.11 Å². The second kappa shape index (κ2) is 2.63. The van der Waals surface area contributed by atoms with Gasteiger partial charge >= 0.3 is 6.09 Å². The van der Waals surface area contributed by atoms with Gasteiger partial charge in [-0.25, -0.2) is 4.79 Å². The van der Waals surface area contributed by atoms with Crippen molar-refractivity contribution >= 4 is 6.09 Å². The molecule has 2 aliphatic heterocycles. The van der Waals surface area contributed by atoms with E-state index in [1.54, 1.807) is 4.90 Å². The molecule has 0 aromatic carbocycles. The molecule has 80 valence electrons. The Balaban J connectivity index is 2.14. The van der Waals surface area contributed by atoms with E-state index in [1.165, 1.54) is 0 Å². The van der Waals surface area contributed by atoms with Crippen molar-refractivity contribution in [2.24, 2.45) is 5.41 Å². The van der Waals surface area contributed by atoms with Crippen LogP contribution in [0.15, 0.2) is 0 Å². The molecule has 0 saturated carbocycles. The minimum atomic E-state index is -0.766. The van der Waals surface area contributed by atoms with Gasteiger partial charge in [0, 0.05) is 19.1 Å². The number of hydrogen-bond donors (Lipinski definition) is 2. The van der Waals surface area contributed by atoms with E-state index in [2.05, 4.69) is 26.1 Å². The molecule has 4 nitrogen and oxygen atoms in total. The molecule has 2 N–H and O–H groups in total. The fourth-order valence-corrected chi connectivity index (χ4v) is 2.53. The summed E-state index contributed by atoms with van der Waals surface area (Å²) < 4.78 is 0. The molecule has 2 rings (SSSR count). The fourth-order valence-electron chi connectivity index (χ4n) is 2.53. The molecule has 0 bridgehead atoms. The molecular weight excluding hydrogens is 180 g/mol. The molecule has 1 amide bonds. The first kappa shape index (κ1) is 9.77. The number of amides is 1. The van der Waals surface area contributed by atoms with Gasteiger partial charge in [0.05, 0.1) is 5.54 Å². The Morgan fingerprint density at radius 1 is 1.50 bits per heavy atom. The Kier molecular flexibility index (Phi) is 1.83. The second-order valence-electron chi connectivity index (χ2n) is 5.57. The largest absolute Gasteiger partial charge is 0.465 e. The highest BCUT2D eigenvalue weighted by Gasteiger charge is 2.60. The first-order chi connectivity index (χ1) is 6.37. The lowest BCUT2D eigenvalue weighted by Crippen LogP contribution is -2.82. The molecule has 0 aromatic rings. The van der Waals surface area contributed by atoms with Crippen LogP contribution in [-0.4, -0.2) is 40.8 Å². The SMILES string of the molecule is CC(C)(C)C1CC2(CNC2)N1C(=O)O. The molecule has 4 heteroatoms. The van der Waals surface area contributed by atoms with Gasteiger partial charge in [0.25, 0.3) is 0 Å². The van der Waals surface area contributed by atoms with Crippen LogP contribution in [0.2, 0.25) is 0 Å². The highest BCUT2D eigenvalue weighted by Crippen LogP contribution is 2.46. The summed E-state index contributed by atoms with van der Waals surface area (Å²) in [4.78, 5) is 12.8. The van der Waals surface area contributed by atoms with Crippen molar-refractivity contribution in [3.05, 3.63) is 0 Å². The molecule has 1 unspecified atom stereocenters. The minimum Gasteiger partial charge on any atom is -0.465 e. The zero-order valence-corrected chi connectivity index (χ0v) is 9.00. The van der Waals surface area contributed by atoms with Crippen molar-refractivity contribution in [3.63, 3.8) is 0 Å². The highest BCUT2D eigenvalue weighted by molar-refractivity contribution is 5.69. The minimum absolute atomic E-state index is 0.0548. The van der Waals surface area contributed by atoms with Crippen LogP contribution in [0.5, 0.6) is 0 Å². The Morgan fingerprint density at radius 3 is 2.36 bits per heavy atom. The smallest absolute Gasteiger partial charge is 0.408 e. The van der Waals surface area contributed by atoms with Gasteiger partial charge in [-0.05, 0) is 11.8 Å². The van der Waals surface area contributed by atoms with E-state index in [-0.39, 0.29) is 17.0 Å². The fraction of sp³-hybridized carbons (Fsp3) is 0.900. The Morgan fingerprint density at radius 2 is 2.07 bits per heavy atom. The van der Waals surface area contributed by atoms with E-state index in [1.807, 2.05) is 0 Å². The van der Waals surface area contributed by atoms with Crippen LogP contribution in [0.25, 0.3) is 0 Å². The molecule has 1 spiro atoms. The summed E-state index contributed by atoms with van der Waals surface area (Å²) in [6.45, 7) is 7.96. The quantitative estimate of drug-likeness (QED) is 0.613. The molecule has 14 heavy (non-hydrogen) atoms. The van der Waals surface area contributed by atoms with Crippen LogP contribution in [0.1, 0.15) is 27.2 Å². The zero-order valence-electron chi connectivity index (χ0n) is 9.00. The molecule has 2 heterocycles. The summed E-state index contributed by atoms with van der Waals surface area (Å²) in [6, 6.07) is 0.182. The molecule has 0 aliphatic carbocycles. The average molecular weight is 198 g/mol. The lowest BCUT2D eigenvalue weighted by molar-refractivity contribution is -0.118. The lowest BCUT2D eigenvalue weighted by Gasteiger charge is -2.65. The molecule has 0 aromatic heterocycles. The monoisotopic (exact) mass is 198 g/mol. The number of hydrogen-bond acceptors (Lipinski definition) is 2. The van der Waals surface area contributed by atoms with E-state index in [0.29, 0.717) is 0 Å². The van der Waals surface area contributed by atoms with Gasteiger partial charge in [0.15, 0.2) is 0 Å². The van der Waals surface area contributed by atoms with Gasteiger partial charge in [-0.15, -0.1) is 0 Å². The number of nitrogens with one attached hydrogen (secondary N) is 1. The molecule has 2 aliphatic rings. The van der Waals surface area contributed by atoms with Gasteiger partial charge in [-0.2, -0.15) is 0 Å². The average Bonchev–Trinajstić information content (AvgIpc) is 1.74. The van der Waals surface area contributed by atoms with Crippen LogP contribution >= 0.6 is 0 Å². The van der Waals surface area contributed by atoms with Crippen molar-refractivity contribution < 1.29 is 9.90 Å². The molecule has 2 saturated heterocycles. The third-order valence-electron chi connectivity index (χ3n) is 3.51. The third kappa shape index (κ3) is 1.13. The second-order valence-corrected chi connectivity index (χ2v) is 5.57. The normalized spacial score (nSPS) is 29.6. The van der Waals surface area contributed by atoms with Crippen molar-refractivity contribution in [2.75, 3.05) is 13.1 Å². The predicted molar refractivity (Wildman–Crippen MR) is 53.3 cm³/mol. The molecule has 1 atom stereocenters. The number of rotatable bonds is 0. The van der Waals surface area contributed by atoms with Crippen molar-refractivity contribution in [2.45, 2.75) is 38.8 Å². The lowest BCUT2D eigenvalue weighted by atomic mass is 9.66. The van der Waals surface area contributed by atoms with E-state index >= 15 is 0 Å². The maximum Gasteiger partial charge on any atom is 0.408 e. The number of likely N-dealkylation sites (tertiary alicyclic amines) is 1. The van der Waals surface area contributed by atoms with Crippen LogP contribution in [0.4, 0.5) is 4.79 Å². The van der Waals surface area contributed by atoms with E-state index in [9.17, 15) is 4.79 Å². The van der Waals surface area contributed by atoms with Crippen molar-refractivity contribution in [1.29, 1.82) is 0 Å². The zero-order chi connectivity index (χ0) is 10.6. The van der Waals surface area contributed by atoms with Crippen LogP contribution in [0.3, 0.4) is 0 Å². The molecule has 0 radical (unpaired) electrons. The van der Waals surface area contributed by atoms with Crippen molar-refractivity contribution in [1.82, 2.24) is 10.2 Å². The van der Waals surface area contributed by atoms with E-state index in [0.717, 1.165) is 19.5 Å². The summed E-state index contributed by atoms with van der Waals surface area (Å²) in [5.41, 5.74) is -0.0109. The number of carbonyl (C=O) groups is 1. The third-order valence-corrected chi connectivity index (χ3v) is 3.51. The van der Waals surface area contributed by atoms with Gasteiger partial charge in [-0.3, -0.25) is 4.90 Å². The number of nitrogens with zero attached hydrogens (tertiary/aromatic N) is 1. The summed E-state index contributed by atoms with van der Waals surface area (Å²) in [6.07, 6.45) is 0.244. The predicted octanol–water partition coefficient (Wildman–Crippen LogP) is 1.13. The Labute approximate surface area is 84.3 Å². The van der Waals surface area contributed by atoms with Gasteiger partial charge in [-0.1, -0.05) is 20.8 Å². The Hall–Kier alpha value is -0.770.